The summed E-state index contributed by atoms with van der Waals surface area (Å²) < 4.78 is 2.19. The third-order valence-electron chi connectivity index (χ3n) is 6.02. The van der Waals surface area contributed by atoms with Gasteiger partial charge in [0.2, 0.25) is 5.91 Å². The van der Waals surface area contributed by atoms with E-state index >= 15 is 0 Å². The highest BCUT2D eigenvalue weighted by molar-refractivity contribution is 5.79. The van der Waals surface area contributed by atoms with E-state index in [1.165, 1.54) is 31.2 Å². The van der Waals surface area contributed by atoms with Crippen molar-refractivity contribution in [3.05, 3.63) is 30.1 Å². The SMILES string of the molecule is Cn1c(CN2CCCC(C(=O)N3CCCCCC3)C2)nc2ccccc21. The van der Waals surface area contributed by atoms with Crippen LogP contribution in [0.15, 0.2) is 24.3 Å². The van der Waals surface area contributed by atoms with Gasteiger partial charge in [0.15, 0.2) is 0 Å². The Morgan fingerprint density at radius 3 is 2.62 bits per heavy atom. The van der Waals surface area contributed by atoms with E-state index in [0.717, 1.165) is 56.9 Å². The Labute approximate surface area is 156 Å². The van der Waals surface area contributed by atoms with E-state index < -0.39 is 0 Å². The number of aromatic nitrogens is 2. The Bertz CT molecular complexity index is 760. The number of fused-ring (bicyclic) bond motifs is 1. The van der Waals surface area contributed by atoms with Crippen molar-refractivity contribution in [1.29, 1.82) is 0 Å². The van der Waals surface area contributed by atoms with Crippen molar-refractivity contribution >= 4 is 16.9 Å². The van der Waals surface area contributed by atoms with E-state index in [2.05, 4.69) is 39.6 Å². The van der Waals surface area contributed by atoms with E-state index in [4.69, 9.17) is 4.98 Å². The van der Waals surface area contributed by atoms with Crippen LogP contribution in [-0.2, 0) is 18.4 Å². The molecule has 0 spiro atoms. The van der Waals surface area contributed by atoms with Gasteiger partial charge in [0, 0.05) is 26.7 Å². The van der Waals surface area contributed by atoms with Crippen molar-refractivity contribution in [2.75, 3.05) is 26.2 Å². The summed E-state index contributed by atoms with van der Waals surface area (Å²) in [5.41, 5.74) is 2.23. The summed E-state index contributed by atoms with van der Waals surface area (Å²) in [5, 5.41) is 0. The molecule has 1 atom stereocenters. The smallest absolute Gasteiger partial charge is 0.226 e. The molecule has 0 saturated carbocycles. The maximum Gasteiger partial charge on any atom is 0.226 e. The summed E-state index contributed by atoms with van der Waals surface area (Å²) in [4.78, 5) is 22.4. The number of aryl methyl sites for hydroxylation is 1. The first-order chi connectivity index (χ1) is 12.7. The van der Waals surface area contributed by atoms with E-state index in [1.807, 2.05) is 6.07 Å². The van der Waals surface area contributed by atoms with Gasteiger partial charge in [0.05, 0.1) is 23.5 Å². The lowest BCUT2D eigenvalue weighted by atomic mass is 9.96. The summed E-state index contributed by atoms with van der Waals surface area (Å²) >= 11 is 0. The largest absolute Gasteiger partial charge is 0.342 e. The molecule has 26 heavy (non-hydrogen) atoms. The second kappa shape index (κ2) is 7.78. The van der Waals surface area contributed by atoms with Gasteiger partial charge in [-0.1, -0.05) is 25.0 Å². The standard InChI is InChI=1S/C21H30N4O/c1-23-19-11-5-4-10-18(19)22-20(23)16-24-12-8-9-17(15-24)21(26)25-13-6-2-3-7-14-25/h4-5,10-11,17H,2-3,6-9,12-16H2,1H3. The number of carbonyl (C=O) groups is 1. The summed E-state index contributed by atoms with van der Waals surface area (Å²) in [6, 6.07) is 8.29. The lowest BCUT2D eigenvalue weighted by Gasteiger charge is -2.34. The second-order valence-electron chi connectivity index (χ2n) is 7.89. The minimum Gasteiger partial charge on any atom is -0.342 e. The minimum atomic E-state index is 0.163. The Balaban J connectivity index is 1.43. The molecule has 4 rings (SSSR count). The van der Waals surface area contributed by atoms with E-state index in [0.29, 0.717) is 5.91 Å². The number of benzene rings is 1. The number of hydrogen-bond donors (Lipinski definition) is 0. The Kier molecular flexibility index (Phi) is 5.25. The average Bonchev–Trinajstić information content (AvgIpc) is 2.85. The third-order valence-corrected chi connectivity index (χ3v) is 6.02. The summed E-state index contributed by atoms with van der Waals surface area (Å²) in [7, 11) is 2.09. The van der Waals surface area contributed by atoms with Crippen molar-refractivity contribution < 1.29 is 4.79 Å². The number of para-hydroxylation sites is 2. The molecule has 2 aliphatic rings. The zero-order chi connectivity index (χ0) is 17.9. The van der Waals surface area contributed by atoms with Crippen LogP contribution in [0.1, 0.15) is 44.3 Å². The zero-order valence-corrected chi connectivity index (χ0v) is 15.9. The molecule has 2 aromatic rings. The van der Waals surface area contributed by atoms with Gasteiger partial charge in [0.1, 0.15) is 5.82 Å². The van der Waals surface area contributed by atoms with Crippen molar-refractivity contribution in [3.63, 3.8) is 0 Å². The first-order valence-electron chi connectivity index (χ1n) is 10.1. The molecule has 0 aliphatic carbocycles. The van der Waals surface area contributed by atoms with Crippen LogP contribution >= 0.6 is 0 Å². The van der Waals surface area contributed by atoms with Crippen LogP contribution in [-0.4, -0.2) is 51.4 Å². The van der Waals surface area contributed by atoms with Crippen LogP contribution in [0.2, 0.25) is 0 Å². The molecular weight excluding hydrogens is 324 g/mol. The van der Waals surface area contributed by atoms with Gasteiger partial charge in [-0.25, -0.2) is 4.98 Å². The first-order valence-corrected chi connectivity index (χ1v) is 10.1. The highest BCUT2D eigenvalue weighted by atomic mass is 16.2. The predicted molar refractivity (Wildman–Crippen MR) is 104 cm³/mol. The van der Waals surface area contributed by atoms with Gasteiger partial charge >= 0.3 is 0 Å². The average molecular weight is 354 g/mol. The van der Waals surface area contributed by atoms with E-state index in [-0.39, 0.29) is 5.92 Å². The molecule has 3 heterocycles. The quantitative estimate of drug-likeness (QED) is 0.850. The van der Waals surface area contributed by atoms with Gasteiger partial charge in [-0.3, -0.25) is 9.69 Å². The Morgan fingerprint density at radius 1 is 1.08 bits per heavy atom. The molecule has 1 aromatic heterocycles. The van der Waals surface area contributed by atoms with Crippen molar-refractivity contribution in [2.24, 2.45) is 13.0 Å². The van der Waals surface area contributed by atoms with Gasteiger partial charge in [-0.2, -0.15) is 0 Å². The van der Waals surface area contributed by atoms with Crippen molar-refractivity contribution in [3.8, 4) is 0 Å². The molecule has 0 N–H and O–H groups in total. The molecule has 2 aliphatic heterocycles. The Morgan fingerprint density at radius 2 is 1.85 bits per heavy atom. The van der Waals surface area contributed by atoms with Crippen LogP contribution in [0, 0.1) is 5.92 Å². The molecule has 1 unspecified atom stereocenters. The molecule has 2 saturated heterocycles. The molecule has 1 aromatic carbocycles. The van der Waals surface area contributed by atoms with Gasteiger partial charge in [0.25, 0.3) is 0 Å². The summed E-state index contributed by atoms with van der Waals surface area (Å²) in [6.07, 6.45) is 7.02. The number of piperidine rings is 1. The fourth-order valence-electron chi connectivity index (χ4n) is 4.49. The minimum absolute atomic E-state index is 0.163. The number of nitrogens with zero attached hydrogens (tertiary/aromatic N) is 4. The topological polar surface area (TPSA) is 41.4 Å². The first kappa shape index (κ1) is 17.5. The zero-order valence-electron chi connectivity index (χ0n) is 15.9. The van der Waals surface area contributed by atoms with Crippen LogP contribution in [0.4, 0.5) is 0 Å². The molecule has 2 fully saturated rings. The van der Waals surface area contributed by atoms with E-state index in [9.17, 15) is 4.79 Å². The fourth-order valence-corrected chi connectivity index (χ4v) is 4.49. The molecule has 1 amide bonds. The van der Waals surface area contributed by atoms with E-state index in [1.54, 1.807) is 0 Å². The molecule has 5 nitrogen and oxygen atoms in total. The molecule has 0 radical (unpaired) electrons. The number of likely N-dealkylation sites (tertiary alicyclic amines) is 2. The monoisotopic (exact) mass is 354 g/mol. The highest BCUT2D eigenvalue weighted by Gasteiger charge is 2.30. The van der Waals surface area contributed by atoms with Crippen molar-refractivity contribution in [2.45, 2.75) is 45.1 Å². The van der Waals surface area contributed by atoms with Gasteiger partial charge in [-0.05, 0) is 44.4 Å². The number of amides is 1. The second-order valence-corrected chi connectivity index (χ2v) is 7.89. The van der Waals surface area contributed by atoms with Crippen molar-refractivity contribution in [1.82, 2.24) is 19.4 Å². The van der Waals surface area contributed by atoms with Crippen LogP contribution in [0.5, 0.6) is 0 Å². The van der Waals surface area contributed by atoms with Crippen LogP contribution in [0.3, 0.4) is 0 Å². The Hall–Kier alpha value is -1.88. The van der Waals surface area contributed by atoms with Crippen LogP contribution < -0.4 is 0 Å². The normalized spacial score (nSPS) is 22.5. The lowest BCUT2D eigenvalue weighted by Crippen LogP contribution is -2.45. The third kappa shape index (κ3) is 3.63. The molecule has 140 valence electrons. The van der Waals surface area contributed by atoms with Gasteiger partial charge < -0.3 is 9.47 Å². The lowest BCUT2D eigenvalue weighted by molar-refractivity contribution is -0.137. The van der Waals surface area contributed by atoms with Crippen LogP contribution in [0.25, 0.3) is 11.0 Å². The number of rotatable bonds is 3. The molecular formula is C21H30N4O. The number of imidazole rings is 1. The molecule has 0 bridgehead atoms. The maximum absolute atomic E-state index is 13.0. The number of hydrogen-bond acceptors (Lipinski definition) is 3. The maximum atomic E-state index is 13.0. The molecule has 5 heteroatoms. The number of carbonyl (C=O) groups excluding carboxylic acids is 1. The summed E-state index contributed by atoms with van der Waals surface area (Å²) in [6.45, 7) is 4.68. The highest BCUT2D eigenvalue weighted by Crippen LogP contribution is 2.23. The fraction of sp³-hybridized carbons (Fsp3) is 0.619. The summed E-state index contributed by atoms with van der Waals surface area (Å²) in [5.74, 6) is 1.65. The van der Waals surface area contributed by atoms with Gasteiger partial charge in [-0.15, -0.1) is 0 Å². The predicted octanol–water partition coefficient (Wildman–Crippen LogP) is 3.19.